The van der Waals surface area contributed by atoms with E-state index in [1.165, 1.54) is 0 Å². The van der Waals surface area contributed by atoms with Gasteiger partial charge in [0.1, 0.15) is 0 Å². The molecule has 1 amide bonds. The average Bonchev–Trinajstić information content (AvgIpc) is 2.55. The minimum absolute atomic E-state index is 0.0171. The van der Waals surface area contributed by atoms with E-state index in [2.05, 4.69) is 10.3 Å². The molecular weight excluding hydrogens is 296 g/mol. The predicted octanol–water partition coefficient (Wildman–Crippen LogP) is 2.88. The van der Waals surface area contributed by atoms with Crippen LogP contribution in [0.3, 0.4) is 0 Å². The van der Waals surface area contributed by atoms with Crippen LogP contribution >= 0.6 is 11.8 Å². The molecule has 116 valence electrons. The molecule has 0 radical (unpaired) electrons. The van der Waals surface area contributed by atoms with Gasteiger partial charge in [0.15, 0.2) is 0 Å². The van der Waals surface area contributed by atoms with Crippen LogP contribution in [0.2, 0.25) is 0 Å². The Bertz CT molecular complexity index is 573. The second-order valence-corrected chi connectivity index (χ2v) is 5.95. The molecule has 1 aromatic carbocycles. The fraction of sp³-hybridized carbons (Fsp3) is 0.294. The van der Waals surface area contributed by atoms with Crippen molar-refractivity contribution in [2.75, 3.05) is 17.7 Å². The van der Waals surface area contributed by atoms with Gasteiger partial charge in [-0.05, 0) is 36.2 Å². The molecule has 0 atom stereocenters. The maximum Gasteiger partial charge on any atom is 0.225 e. The Morgan fingerprint density at radius 1 is 1.18 bits per heavy atom. The van der Waals surface area contributed by atoms with Gasteiger partial charge >= 0.3 is 0 Å². The fourth-order valence-corrected chi connectivity index (χ4v) is 2.79. The zero-order valence-electron chi connectivity index (χ0n) is 12.4. The van der Waals surface area contributed by atoms with E-state index in [1.807, 2.05) is 42.5 Å². The summed E-state index contributed by atoms with van der Waals surface area (Å²) in [6.07, 6.45) is 2.90. The molecule has 22 heavy (non-hydrogen) atoms. The molecule has 0 aliphatic carbocycles. The van der Waals surface area contributed by atoms with Crippen molar-refractivity contribution >= 4 is 23.4 Å². The average molecular weight is 316 g/mol. The van der Waals surface area contributed by atoms with Crippen molar-refractivity contribution in [1.82, 2.24) is 4.98 Å². The van der Waals surface area contributed by atoms with Crippen LogP contribution in [0.5, 0.6) is 0 Å². The van der Waals surface area contributed by atoms with E-state index in [-0.39, 0.29) is 12.5 Å². The van der Waals surface area contributed by atoms with E-state index in [0.717, 1.165) is 28.5 Å². The van der Waals surface area contributed by atoms with Crippen molar-refractivity contribution in [2.45, 2.75) is 18.6 Å². The number of nitrogens with one attached hydrogen (secondary N) is 1. The number of hydrogen-bond acceptors (Lipinski definition) is 4. The van der Waals surface area contributed by atoms with Crippen LogP contribution in [0.1, 0.15) is 17.7 Å². The Kier molecular flexibility index (Phi) is 6.93. The number of rotatable bonds is 8. The smallest absolute Gasteiger partial charge is 0.225 e. The Morgan fingerprint density at radius 2 is 2.00 bits per heavy atom. The number of aromatic nitrogens is 1. The number of amides is 1. The number of carbonyl (C=O) groups is 1. The molecule has 0 aliphatic rings. The van der Waals surface area contributed by atoms with Crippen molar-refractivity contribution in [3.63, 3.8) is 0 Å². The summed E-state index contributed by atoms with van der Waals surface area (Å²) in [7, 11) is 0. The monoisotopic (exact) mass is 316 g/mol. The van der Waals surface area contributed by atoms with Crippen molar-refractivity contribution in [3.05, 3.63) is 59.9 Å². The number of anilines is 1. The standard InChI is InChI=1S/C17H20N2O2S/c20-11-8-14-4-6-15(7-5-14)19-17(21)9-12-22-13-16-3-1-2-10-18-16/h1-7,10,20H,8-9,11-13H2,(H,19,21). The van der Waals surface area contributed by atoms with Crippen molar-refractivity contribution in [1.29, 1.82) is 0 Å². The molecule has 0 spiro atoms. The molecule has 0 fully saturated rings. The number of aliphatic hydroxyl groups is 1. The maximum atomic E-state index is 11.9. The summed E-state index contributed by atoms with van der Waals surface area (Å²) in [4.78, 5) is 16.1. The van der Waals surface area contributed by atoms with Crippen molar-refractivity contribution < 1.29 is 9.90 Å². The van der Waals surface area contributed by atoms with Gasteiger partial charge in [0.25, 0.3) is 0 Å². The van der Waals surface area contributed by atoms with Gasteiger partial charge in [-0.15, -0.1) is 0 Å². The number of hydrogen-bond donors (Lipinski definition) is 2. The molecule has 0 unspecified atom stereocenters. The minimum atomic E-state index is 0.0171. The highest BCUT2D eigenvalue weighted by molar-refractivity contribution is 7.98. The molecular formula is C17H20N2O2S. The third kappa shape index (κ3) is 5.87. The summed E-state index contributed by atoms with van der Waals surface area (Å²) in [5.41, 5.74) is 2.89. The molecule has 1 aromatic heterocycles. The van der Waals surface area contributed by atoms with E-state index < -0.39 is 0 Å². The lowest BCUT2D eigenvalue weighted by Crippen LogP contribution is -2.12. The van der Waals surface area contributed by atoms with E-state index >= 15 is 0 Å². The zero-order valence-corrected chi connectivity index (χ0v) is 13.2. The van der Waals surface area contributed by atoms with E-state index in [0.29, 0.717) is 12.8 Å². The molecule has 0 saturated heterocycles. The highest BCUT2D eigenvalue weighted by Gasteiger charge is 2.03. The van der Waals surface area contributed by atoms with Crippen LogP contribution in [0.25, 0.3) is 0 Å². The number of nitrogens with zero attached hydrogens (tertiary/aromatic N) is 1. The van der Waals surface area contributed by atoms with Gasteiger partial charge in [-0.2, -0.15) is 11.8 Å². The summed E-state index contributed by atoms with van der Waals surface area (Å²) in [6, 6.07) is 13.4. The Morgan fingerprint density at radius 3 is 2.68 bits per heavy atom. The zero-order chi connectivity index (χ0) is 15.6. The quantitative estimate of drug-likeness (QED) is 0.735. The fourth-order valence-electron chi connectivity index (χ4n) is 1.93. The Balaban J connectivity index is 1.67. The number of aliphatic hydroxyl groups excluding tert-OH is 1. The molecule has 5 heteroatoms. The third-order valence-electron chi connectivity index (χ3n) is 3.09. The van der Waals surface area contributed by atoms with Crippen LogP contribution < -0.4 is 5.32 Å². The molecule has 2 rings (SSSR count). The second kappa shape index (κ2) is 9.23. The molecule has 0 aliphatic heterocycles. The number of benzene rings is 1. The Hall–Kier alpha value is -1.85. The van der Waals surface area contributed by atoms with E-state index in [9.17, 15) is 4.79 Å². The first-order chi connectivity index (χ1) is 10.8. The van der Waals surface area contributed by atoms with Gasteiger partial charge in [-0.1, -0.05) is 18.2 Å². The molecule has 0 saturated carbocycles. The third-order valence-corrected chi connectivity index (χ3v) is 4.08. The van der Waals surface area contributed by atoms with Crippen LogP contribution in [0.15, 0.2) is 48.7 Å². The van der Waals surface area contributed by atoms with Gasteiger partial charge in [-0.25, -0.2) is 0 Å². The minimum Gasteiger partial charge on any atom is -0.396 e. The molecule has 4 nitrogen and oxygen atoms in total. The first-order valence-corrected chi connectivity index (χ1v) is 8.40. The van der Waals surface area contributed by atoms with Gasteiger partial charge in [0, 0.05) is 36.4 Å². The summed E-state index contributed by atoms with van der Waals surface area (Å²) in [5, 5.41) is 11.7. The Labute approximate surface area is 135 Å². The first-order valence-electron chi connectivity index (χ1n) is 7.25. The number of thioether (sulfide) groups is 1. The lowest BCUT2D eigenvalue weighted by atomic mass is 10.1. The first kappa shape index (κ1) is 16.5. The van der Waals surface area contributed by atoms with Gasteiger partial charge in [0.2, 0.25) is 5.91 Å². The van der Waals surface area contributed by atoms with Gasteiger partial charge in [-0.3, -0.25) is 9.78 Å². The van der Waals surface area contributed by atoms with Crippen LogP contribution in [-0.2, 0) is 17.0 Å². The van der Waals surface area contributed by atoms with E-state index in [1.54, 1.807) is 18.0 Å². The normalized spacial score (nSPS) is 10.4. The summed E-state index contributed by atoms with van der Waals surface area (Å²) < 4.78 is 0. The second-order valence-electron chi connectivity index (χ2n) is 4.84. The van der Waals surface area contributed by atoms with Gasteiger partial charge in [0.05, 0.1) is 5.69 Å². The van der Waals surface area contributed by atoms with Crippen LogP contribution in [0, 0.1) is 0 Å². The lowest BCUT2D eigenvalue weighted by Gasteiger charge is -2.06. The van der Waals surface area contributed by atoms with E-state index in [4.69, 9.17) is 5.11 Å². The predicted molar refractivity (Wildman–Crippen MR) is 90.9 cm³/mol. The molecule has 2 N–H and O–H groups in total. The number of pyridine rings is 1. The topological polar surface area (TPSA) is 62.2 Å². The van der Waals surface area contributed by atoms with Crippen molar-refractivity contribution in [2.24, 2.45) is 0 Å². The largest absolute Gasteiger partial charge is 0.396 e. The number of carbonyl (C=O) groups excluding carboxylic acids is 1. The SMILES string of the molecule is O=C(CCSCc1ccccn1)Nc1ccc(CCO)cc1. The highest BCUT2D eigenvalue weighted by atomic mass is 32.2. The molecule has 2 aromatic rings. The summed E-state index contributed by atoms with van der Waals surface area (Å²) in [5.74, 6) is 1.61. The van der Waals surface area contributed by atoms with Crippen LogP contribution in [-0.4, -0.2) is 28.4 Å². The highest BCUT2D eigenvalue weighted by Crippen LogP contribution is 2.13. The van der Waals surface area contributed by atoms with Crippen molar-refractivity contribution in [3.8, 4) is 0 Å². The van der Waals surface area contributed by atoms with Gasteiger partial charge < -0.3 is 10.4 Å². The molecule has 0 bridgehead atoms. The molecule has 1 heterocycles. The summed E-state index contributed by atoms with van der Waals surface area (Å²) in [6.45, 7) is 0.138. The van der Waals surface area contributed by atoms with Crippen LogP contribution in [0.4, 0.5) is 5.69 Å². The lowest BCUT2D eigenvalue weighted by molar-refractivity contribution is -0.115. The summed E-state index contributed by atoms with van der Waals surface area (Å²) >= 11 is 1.70. The maximum absolute atomic E-state index is 11.9.